The van der Waals surface area contributed by atoms with Gasteiger partial charge in [-0.2, -0.15) is 5.10 Å². The van der Waals surface area contributed by atoms with Gasteiger partial charge in [-0.3, -0.25) is 14.2 Å². The zero-order valence-corrected chi connectivity index (χ0v) is 28.6. The van der Waals surface area contributed by atoms with Crippen molar-refractivity contribution in [2.45, 2.75) is 38.0 Å². The number of furan rings is 1. The second-order valence-corrected chi connectivity index (χ2v) is 12.2. The summed E-state index contributed by atoms with van der Waals surface area (Å²) in [6, 6.07) is 22.0. The van der Waals surface area contributed by atoms with E-state index in [0.717, 1.165) is 39.4 Å². The lowest BCUT2D eigenvalue weighted by atomic mass is 9.97. The van der Waals surface area contributed by atoms with Gasteiger partial charge in [-0.1, -0.05) is 36.0 Å². The Labute approximate surface area is 288 Å². The number of nitrogens with zero attached hydrogens (tertiary/aromatic N) is 5. The first kappa shape index (κ1) is 33.3. The Morgan fingerprint density at radius 3 is 2.45 bits per heavy atom. The molecule has 13 heteroatoms. The number of nitrogens with one attached hydrogen (secondary N) is 1. The van der Waals surface area contributed by atoms with E-state index < -0.39 is 6.04 Å². The molecule has 2 aromatic heterocycles. The van der Waals surface area contributed by atoms with Gasteiger partial charge in [0.2, 0.25) is 0 Å². The van der Waals surface area contributed by atoms with Crippen molar-refractivity contribution in [2.24, 2.45) is 5.10 Å². The van der Waals surface area contributed by atoms with Gasteiger partial charge < -0.3 is 23.9 Å². The van der Waals surface area contributed by atoms with Crippen LogP contribution in [0.2, 0.25) is 0 Å². The normalized spacial score (nSPS) is 14.0. The lowest BCUT2D eigenvalue weighted by Crippen LogP contribution is -2.29. The van der Waals surface area contributed by atoms with Gasteiger partial charge in [-0.25, -0.2) is 5.01 Å². The van der Waals surface area contributed by atoms with E-state index in [1.807, 2.05) is 79.1 Å². The third-order valence-electron chi connectivity index (χ3n) is 8.38. The summed E-state index contributed by atoms with van der Waals surface area (Å²) in [4.78, 5) is 26.8. The highest BCUT2D eigenvalue weighted by Gasteiger charge is 2.36. The van der Waals surface area contributed by atoms with E-state index in [2.05, 4.69) is 15.5 Å². The molecule has 3 heterocycles. The summed E-state index contributed by atoms with van der Waals surface area (Å²) in [7, 11) is 4.78. The van der Waals surface area contributed by atoms with Gasteiger partial charge in [-0.05, 0) is 79.1 Å². The summed E-state index contributed by atoms with van der Waals surface area (Å²) in [5, 5.41) is 18.6. The fraction of sp³-hybridized carbons (Fsp3) is 0.250. The predicted octanol–water partition coefficient (Wildman–Crippen LogP) is 5.90. The van der Waals surface area contributed by atoms with Crippen LogP contribution in [-0.4, -0.2) is 64.4 Å². The molecule has 1 atom stereocenters. The first-order chi connectivity index (χ1) is 23.8. The number of methoxy groups -OCH3 is 3. The molecule has 2 amide bonds. The molecule has 252 valence electrons. The monoisotopic (exact) mass is 680 g/mol. The number of aryl methyl sites for hydroxylation is 1. The van der Waals surface area contributed by atoms with Crippen molar-refractivity contribution in [3.8, 4) is 22.9 Å². The fourth-order valence-corrected chi connectivity index (χ4v) is 6.51. The molecule has 1 N–H and O–H groups in total. The topological polar surface area (TPSA) is 133 Å². The van der Waals surface area contributed by atoms with E-state index in [4.69, 9.17) is 23.7 Å². The molecule has 0 aliphatic carbocycles. The molecule has 1 unspecified atom stereocenters. The Balaban J connectivity index is 1.30. The van der Waals surface area contributed by atoms with E-state index in [9.17, 15) is 9.59 Å². The summed E-state index contributed by atoms with van der Waals surface area (Å²) >= 11 is 1.25. The van der Waals surface area contributed by atoms with Crippen molar-refractivity contribution >= 4 is 29.3 Å². The SMILES string of the molecule is COc1ccc(C2=NN(C(=O)CSc3nnc(CNC(=O)c4ccco4)n3-c3cccc(C)c3C)C(c3cccc(OC)c3OC)C2)cc1. The van der Waals surface area contributed by atoms with E-state index in [-0.39, 0.29) is 29.9 Å². The maximum absolute atomic E-state index is 14.1. The van der Waals surface area contributed by atoms with E-state index in [0.29, 0.717) is 28.9 Å². The standard InChI is InChI=1S/C36H36N6O6S/c1-22-9-6-11-28(23(22)2)41-32(20-37-35(44)31-13-8-18-48-31)38-39-36(41)49-21-33(43)42-29(26-10-7-12-30(46-4)34(26)47-5)19-27(40-42)24-14-16-25(45-3)17-15-24/h6-18,29H,19-21H2,1-5H3,(H,37,44). The van der Waals surface area contributed by atoms with Gasteiger partial charge in [-0.15, -0.1) is 10.2 Å². The minimum atomic E-state index is -0.445. The molecule has 0 fully saturated rings. The van der Waals surface area contributed by atoms with Crippen molar-refractivity contribution < 1.29 is 28.2 Å². The summed E-state index contributed by atoms with van der Waals surface area (Å²) in [5.41, 5.74) is 5.36. The van der Waals surface area contributed by atoms with Crippen LogP contribution in [-0.2, 0) is 11.3 Å². The average molecular weight is 681 g/mol. The number of para-hydroxylation sites is 1. The summed E-state index contributed by atoms with van der Waals surface area (Å²) < 4.78 is 23.8. The van der Waals surface area contributed by atoms with Crippen LogP contribution < -0.4 is 19.5 Å². The van der Waals surface area contributed by atoms with Crippen molar-refractivity contribution in [1.29, 1.82) is 0 Å². The number of ether oxygens (including phenoxy) is 3. The van der Waals surface area contributed by atoms with Gasteiger partial charge in [0.25, 0.3) is 11.8 Å². The molecule has 3 aromatic carbocycles. The highest BCUT2D eigenvalue weighted by atomic mass is 32.2. The number of rotatable bonds is 12. The number of carbonyl (C=O) groups is 2. The lowest BCUT2D eigenvalue weighted by Gasteiger charge is -2.24. The molecule has 5 aromatic rings. The smallest absolute Gasteiger partial charge is 0.287 e. The van der Waals surface area contributed by atoms with Crippen molar-refractivity contribution in [3.63, 3.8) is 0 Å². The van der Waals surface area contributed by atoms with Crippen molar-refractivity contribution in [3.05, 3.63) is 113 Å². The fourth-order valence-electron chi connectivity index (χ4n) is 5.69. The van der Waals surface area contributed by atoms with Crippen LogP contribution in [0.1, 0.15) is 51.1 Å². The van der Waals surface area contributed by atoms with Crippen LogP contribution >= 0.6 is 11.8 Å². The second kappa shape index (κ2) is 14.7. The number of amides is 2. The maximum atomic E-state index is 14.1. The van der Waals surface area contributed by atoms with Crippen LogP contribution in [0.3, 0.4) is 0 Å². The number of hydrogen-bond acceptors (Lipinski definition) is 10. The van der Waals surface area contributed by atoms with Crippen molar-refractivity contribution in [2.75, 3.05) is 27.1 Å². The molecule has 0 spiro atoms. The molecule has 0 saturated heterocycles. The van der Waals surface area contributed by atoms with Gasteiger partial charge in [0.05, 0.1) is 57.3 Å². The summed E-state index contributed by atoms with van der Waals surface area (Å²) in [6.45, 7) is 4.13. The largest absolute Gasteiger partial charge is 0.497 e. The number of hydrazone groups is 1. The molecular weight excluding hydrogens is 644 g/mol. The Kier molecular flexibility index (Phi) is 10.00. The number of aromatic nitrogens is 3. The second-order valence-electron chi connectivity index (χ2n) is 11.2. The highest BCUT2D eigenvalue weighted by molar-refractivity contribution is 7.99. The number of carbonyl (C=O) groups excluding carboxylic acids is 2. The molecule has 0 saturated carbocycles. The predicted molar refractivity (Wildman–Crippen MR) is 185 cm³/mol. The van der Waals surface area contributed by atoms with Gasteiger partial charge >= 0.3 is 0 Å². The van der Waals surface area contributed by atoms with Gasteiger partial charge in [0.1, 0.15) is 5.75 Å². The number of hydrogen-bond donors (Lipinski definition) is 1. The number of benzene rings is 3. The number of thioether (sulfide) groups is 1. The first-order valence-corrected chi connectivity index (χ1v) is 16.5. The summed E-state index contributed by atoms with van der Waals surface area (Å²) in [5.74, 6) is 1.95. The van der Waals surface area contributed by atoms with Crippen LogP contribution in [0.5, 0.6) is 17.2 Å². The third-order valence-corrected chi connectivity index (χ3v) is 9.29. The molecule has 1 aliphatic rings. The highest BCUT2D eigenvalue weighted by Crippen LogP contribution is 2.42. The molecule has 12 nitrogen and oxygen atoms in total. The van der Waals surface area contributed by atoms with E-state index in [1.54, 1.807) is 33.5 Å². The van der Waals surface area contributed by atoms with Crippen LogP contribution in [0.4, 0.5) is 0 Å². The third kappa shape index (κ3) is 6.88. The maximum Gasteiger partial charge on any atom is 0.287 e. The molecule has 6 rings (SSSR count). The van der Waals surface area contributed by atoms with E-state index >= 15 is 0 Å². The first-order valence-electron chi connectivity index (χ1n) is 15.5. The zero-order chi connectivity index (χ0) is 34.5. The lowest BCUT2D eigenvalue weighted by molar-refractivity contribution is -0.130. The Hall–Kier alpha value is -5.56. The van der Waals surface area contributed by atoms with Gasteiger partial charge in [0, 0.05) is 12.0 Å². The minimum absolute atomic E-state index is 0.0178. The molecule has 0 bridgehead atoms. The Morgan fingerprint density at radius 1 is 0.939 bits per heavy atom. The summed E-state index contributed by atoms with van der Waals surface area (Å²) in [6.07, 6.45) is 1.91. The van der Waals surface area contributed by atoms with Crippen molar-refractivity contribution in [1.82, 2.24) is 25.1 Å². The minimum Gasteiger partial charge on any atom is -0.497 e. The van der Waals surface area contributed by atoms with Crippen LogP contribution in [0.15, 0.2) is 93.7 Å². The molecule has 1 aliphatic heterocycles. The quantitative estimate of drug-likeness (QED) is 0.160. The Morgan fingerprint density at radius 2 is 1.73 bits per heavy atom. The Bertz CT molecular complexity index is 1990. The van der Waals surface area contributed by atoms with Crippen LogP contribution in [0.25, 0.3) is 5.69 Å². The van der Waals surface area contributed by atoms with Crippen LogP contribution in [0, 0.1) is 13.8 Å². The molecule has 0 radical (unpaired) electrons. The van der Waals surface area contributed by atoms with E-state index in [1.165, 1.54) is 23.0 Å². The zero-order valence-electron chi connectivity index (χ0n) is 27.8. The molecular formula is C36H36N6O6S. The van der Waals surface area contributed by atoms with Gasteiger partial charge in [0.15, 0.2) is 28.2 Å². The molecule has 49 heavy (non-hydrogen) atoms. The average Bonchev–Trinajstić information content (AvgIpc) is 3.91.